The van der Waals surface area contributed by atoms with Gasteiger partial charge < -0.3 is 5.32 Å². The van der Waals surface area contributed by atoms with E-state index >= 15 is 0 Å². The van der Waals surface area contributed by atoms with Crippen LogP contribution in [0.2, 0.25) is 5.02 Å². The van der Waals surface area contributed by atoms with E-state index in [0.717, 1.165) is 12.8 Å². The molecule has 6 nitrogen and oxygen atoms in total. The number of hydrogen-bond donors (Lipinski definition) is 1. The minimum Gasteiger partial charge on any atom is -0.323 e. The Balaban J connectivity index is 2.01. The molecule has 0 unspecified atom stereocenters. The zero-order valence-electron chi connectivity index (χ0n) is 13.4. The molecule has 1 aliphatic rings. The van der Waals surface area contributed by atoms with Gasteiger partial charge in [0.2, 0.25) is 5.91 Å². The summed E-state index contributed by atoms with van der Waals surface area (Å²) in [4.78, 5) is 24.7. The van der Waals surface area contributed by atoms with Gasteiger partial charge in [-0.2, -0.15) is 0 Å². The highest BCUT2D eigenvalue weighted by Gasteiger charge is 2.26. The van der Waals surface area contributed by atoms with Crippen LogP contribution in [-0.4, -0.2) is 34.9 Å². The fourth-order valence-corrected chi connectivity index (χ4v) is 3.17. The van der Waals surface area contributed by atoms with Crippen molar-refractivity contribution in [2.24, 2.45) is 0 Å². The van der Waals surface area contributed by atoms with E-state index in [0.29, 0.717) is 11.7 Å². The average Bonchev–Trinajstić information content (AvgIpc) is 2.55. The molecule has 1 aromatic rings. The van der Waals surface area contributed by atoms with E-state index in [9.17, 15) is 14.9 Å². The van der Waals surface area contributed by atoms with Gasteiger partial charge in [-0.25, -0.2) is 0 Å². The third kappa shape index (κ3) is 4.42. The van der Waals surface area contributed by atoms with Gasteiger partial charge in [0.25, 0.3) is 5.69 Å². The summed E-state index contributed by atoms with van der Waals surface area (Å²) in [7, 11) is 1.97. The van der Waals surface area contributed by atoms with E-state index in [-0.39, 0.29) is 22.7 Å². The molecule has 1 fully saturated rings. The second-order valence-corrected chi connectivity index (χ2v) is 6.45. The van der Waals surface area contributed by atoms with Crippen LogP contribution in [0.5, 0.6) is 0 Å². The van der Waals surface area contributed by atoms with E-state index < -0.39 is 4.92 Å². The van der Waals surface area contributed by atoms with Gasteiger partial charge in [-0.3, -0.25) is 19.8 Å². The van der Waals surface area contributed by atoms with Gasteiger partial charge in [0.15, 0.2) is 0 Å². The number of benzene rings is 1. The molecule has 0 saturated heterocycles. The van der Waals surface area contributed by atoms with Crippen molar-refractivity contribution in [2.45, 2.75) is 51.1 Å². The van der Waals surface area contributed by atoms with Crippen LogP contribution in [0.4, 0.5) is 11.4 Å². The zero-order valence-corrected chi connectivity index (χ0v) is 14.2. The van der Waals surface area contributed by atoms with Crippen LogP contribution in [0.3, 0.4) is 0 Å². The molecule has 23 heavy (non-hydrogen) atoms. The molecular weight excluding hydrogens is 318 g/mol. The third-order valence-electron chi connectivity index (χ3n) is 4.56. The number of halogens is 1. The molecule has 1 aromatic carbocycles. The van der Waals surface area contributed by atoms with Crippen molar-refractivity contribution in [3.8, 4) is 0 Å². The standard InChI is InChI=1S/C16H22ClN3O3/c1-11(19(2)12-6-4-3-5-7-12)16(21)18-15-9-8-13(20(22)23)10-14(15)17/h8-12H,3-7H2,1-2H3,(H,18,21)/t11-/m0/s1. The molecule has 1 atom stereocenters. The lowest BCUT2D eigenvalue weighted by molar-refractivity contribution is -0.384. The first kappa shape index (κ1) is 17.7. The van der Waals surface area contributed by atoms with Crippen LogP contribution in [0.25, 0.3) is 0 Å². The van der Waals surface area contributed by atoms with Crippen LogP contribution in [0.1, 0.15) is 39.0 Å². The Labute approximate surface area is 141 Å². The van der Waals surface area contributed by atoms with E-state index in [1.807, 2.05) is 14.0 Å². The summed E-state index contributed by atoms with van der Waals surface area (Å²) in [6, 6.07) is 4.18. The summed E-state index contributed by atoms with van der Waals surface area (Å²) >= 11 is 6.02. The van der Waals surface area contributed by atoms with Gasteiger partial charge in [-0.15, -0.1) is 0 Å². The van der Waals surface area contributed by atoms with E-state index in [4.69, 9.17) is 11.6 Å². The van der Waals surface area contributed by atoms with Crippen LogP contribution in [-0.2, 0) is 4.79 Å². The smallest absolute Gasteiger partial charge is 0.271 e. The molecule has 126 valence electrons. The van der Waals surface area contributed by atoms with Crippen LogP contribution in [0.15, 0.2) is 18.2 Å². The number of nitrogens with one attached hydrogen (secondary N) is 1. The average molecular weight is 340 g/mol. The zero-order chi connectivity index (χ0) is 17.0. The number of nitrogens with zero attached hydrogens (tertiary/aromatic N) is 2. The number of anilines is 1. The first-order valence-electron chi connectivity index (χ1n) is 7.87. The molecule has 7 heteroatoms. The molecule has 0 radical (unpaired) electrons. The predicted molar refractivity (Wildman–Crippen MR) is 90.8 cm³/mol. The quantitative estimate of drug-likeness (QED) is 0.653. The summed E-state index contributed by atoms with van der Waals surface area (Å²) in [6.07, 6.45) is 5.91. The number of non-ortho nitro benzene ring substituents is 1. The Bertz CT molecular complexity index is 588. The molecule has 0 aliphatic heterocycles. The van der Waals surface area contributed by atoms with Crippen LogP contribution in [0, 0.1) is 10.1 Å². The highest BCUT2D eigenvalue weighted by atomic mass is 35.5. The Kier molecular flexibility index (Phi) is 5.96. The van der Waals surface area contributed by atoms with Crippen molar-refractivity contribution >= 4 is 28.9 Å². The number of carbonyl (C=O) groups excluding carboxylic acids is 1. The summed E-state index contributed by atoms with van der Waals surface area (Å²) in [6.45, 7) is 1.86. The molecule has 1 saturated carbocycles. The maximum atomic E-state index is 12.4. The molecular formula is C16H22ClN3O3. The minimum atomic E-state index is -0.517. The Hall–Kier alpha value is -1.66. The number of hydrogen-bond acceptors (Lipinski definition) is 4. The number of rotatable bonds is 5. The lowest BCUT2D eigenvalue weighted by Crippen LogP contribution is -2.46. The first-order valence-corrected chi connectivity index (χ1v) is 8.24. The number of likely N-dealkylation sites (N-methyl/N-ethyl adjacent to an activating group) is 1. The third-order valence-corrected chi connectivity index (χ3v) is 4.88. The van der Waals surface area contributed by atoms with Gasteiger partial charge in [0.05, 0.1) is 21.7 Å². The molecule has 1 amide bonds. The van der Waals surface area contributed by atoms with Gasteiger partial charge in [0, 0.05) is 18.2 Å². The minimum absolute atomic E-state index is 0.0969. The lowest BCUT2D eigenvalue weighted by Gasteiger charge is -2.34. The van der Waals surface area contributed by atoms with Crippen molar-refractivity contribution in [2.75, 3.05) is 12.4 Å². The molecule has 1 aliphatic carbocycles. The summed E-state index contributed by atoms with van der Waals surface area (Å²) < 4.78 is 0. The number of nitro groups is 1. The normalized spacial score (nSPS) is 17.0. The largest absolute Gasteiger partial charge is 0.323 e. The molecule has 0 heterocycles. The van der Waals surface area contributed by atoms with E-state index in [1.54, 1.807) is 0 Å². The maximum absolute atomic E-state index is 12.4. The fraction of sp³-hybridized carbons (Fsp3) is 0.562. The van der Waals surface area contributed by atoms with Crippen LogP contribution >= 0.6 is 11.6 Å². The van der Waals surface area contributed by atoms with Crippen molar-refractivity contribution in [3.63, 3.8) is 0 Å². The van der Waals surface area contributed by atoms with E-state index in [1.165, 1.54) is 37.5 Å². The molecule has 0 bridgehead atoms. The summed E-state index contributed by atoms with van der Waals surface area (Å²) in [5.41, 5.74) is 0.298. The van der Waals surface area contributed by atoms with Crippen molar-refractivity contribution in [1.82, 2.24) is 4.90 Å². The topological polar surface area (TPSA) is 75.5 Å². The first-order chi connectivity index (χ1) is 10.9. The predicted octanol–water partition coefficient (Wildman–Crippen LogP) is 3.84. The highest BCUT2D eigenvalue weighted by molar-refractivity contribution is 6.34. The lowest BCUT2D eigenvalue weighted by atomic mass is 9.93. The second-order valence-electron chi connectivity index (χ2n) is 6.04. The number of amides is 1. The van der Waals surface area contributed by atoms with E-state index in [2.05, 4.69) is 10.2 Å². The summed E-state index contributed by atoms with van der Waals surface area (Å²) in [5.74, 6) is -0.158. The molecule has 2 rings (SSSR count). The van der Waals surface area contributed by atoms with Gasteiger partial charge in [0.1, 0.15) is 0 Å². The molecule has 0 spiro atoms. The van der Waals surface area contributed by atoms with Gasteiger partial charge >= 0.3 is 0 Å². The van der Waals surface area contributed by atoms with Gasteiger partial charge in [-0.1, -0.05) is 30.9 Å². The fourth-order valence-electron chi connectivity index (χ4n) is 2.95. The van der Waals surface area contributed by atoms with Crippen molar-refractivity contribution < 1.29 is 9.72 Å². The maximum Gasteiger partial charge on any atom is 0.271 e. The number of nitro benzene ring substituents is 1. The second kappa shape index (κ2) is 7.75. The monoisotopic (exact) mass is 339 g/mol. The molecule has 1 N–H and O–H groups in total. The Morgan fingerprint density at radius 1 is 1.39 bits per heavy atom. The van der Waals surface area contributed by atoms with Crippen molar-refractivity contribution in [3.05, 3.63) is 33.3 Å². The SMILES string of the molecule is C[C@@H](C(=O)Nc1ccc([N+](=O)[O-])cc1Cl)N(C)C1CCCCC1. The van der Waals surface area contributed by atoms with Crippen LogP contribution < -0.4 is 5.32 Å². The Morgan fingerprint density at radius 3 is 2.61 bits per heavy atom. The van der Waals surface area contributed by atoms with Gasteiger partial charge in [-0.05, 0) is 32.9 Å². The highest BCUT2D eigenvalue weighted by Crippen LogP contribution is 2.27. The number of carbonyl (C=O) groups is 1. The molecule has 0 aromatic heterocycles. The Morgan fingerprint density at radius 2 is 2.04 bits per heavy atom. The van der Waals surface area contributed by atoms with Crippen molar-refractivity contribution in [1.29, 1.82) is 0 Å². The summed E-state index contributed by atoms with van der Waals surface area (Å²) in [5, 5.41) is 13.6.